The molecule has 1 aromatic carbocycles. The van der Waals surface area contributed by atoms with Crippen LogP contribution >= 0.6 is 0 Å². The molecule has 0 saturated heterocycles. The van der Waals surface area contributed by atoms with Gasteiger partial charge in [-0.3, -0.25) is 9.59 Å². The number of ether oxygens (including phenoxy) is 2. The summed E-state index contributed by atoms with van der Waals surface area (Å²) < 4.78 is 10.5. The maximum absolute atomic E-state index is 11.7. The van der Waals surface area contributed by atoms with Crippen LogP contribution in [0.4, 0.5) is 0 Å². The molecule has 0 heterocycles. The van der Waals surface area contributed by atoms with Crippen LogP contribution < -0.4 is 4.74 Å². The van der Waals surface area contributed by atoms with Crippen molar-refractivity contribution < 1.29 is 19.1 Å². The second-order valence-electron chi connectivity index (χ2n) is 7.16. The zero-order valence-corrected chi connectivity index (χ0v) is 16.4. The van der Waals surface area contributed by atoms with E-state index in [-0.39, 0.29) is 11.9 Å². The van der Waals surface area contributed by atoms with Gasteiger partial charge in [-0.25, -0.2) is 0 Å². The third kappa shape index (κ3) is 12.5. The molecule has 4 heteroatoms. The third-order valence-electron chi connectivity index (χ3n) is 4.18. The predicted octanol–water partition coefficient (Wildman–Crippen LogP) is 5.69. The zero-order chi connectivity index (χ0) is 19.0. The largest absolute Gasteiger partial charge is 0.466 e. The lowest BCUT2D eigenvalue weighted by Gasteiger charge is -2.06. The van der Waals surface area contributed by atoms with Gasteiger partial charge in [0.25, 0.3) is 0 Å². The lowest BCUT2D eigenvalue weighted by molar-refractivity contribution is -0.144. The number of rotatable bonds is 14. The molecule has 0 spiro atoms. The smallest absolute Gasteiger partial charge is 0.311 e. The van der Waals surface area contributed by atoms with Crippen molar-refractivity contribution in [3.8, 4) is 5.75 Å². The van der Waals surface area contributed by atoms with Gasteiger partial charge < -0.3 is 9.47 Å². The Morgan fingerprint density at radius 1 is 0.808 bits per heavy atom. The SMILES string of the molecule is CC(C)CCCOC(=O)CCCCCCCCC(=O)Oc1ccccc1. The molecule has 4 nitrogen and oxygen atoms in total. The monoisotopic (exact) mass is 362 g/mol. The number of carbonyl (C=O) groups excluding carboxylic acids is 2. The number of benzene rings is 1. The summed E-state index contributed by atoms with van der Waals surface area (Å²) in [7, 11) is 0. The molecule has 0 saturated carbocycles. The molecule has 0 aromatic heterocycles. The molecule has 0 aliphatic rings. The Kier molecular flexibility index (Phi) is 12.2. The highest BCUT2D eigenvalue weighted by molar-refractivity contribution is 5.72. The van der Waals surface area contributed by atoms with E-state index in [1.807, 2.05) is 18.2 Å². The van der Waals surface area contributed by atoms with E-state index in [4.69, 9.17) is 9.47 Å². The Hall–Kier alpha value is -1.84. The van der Waals surface area contributed by atoms with Crippen LogP contribution in [-0.4, -0.2) is 18.5 Å². The van der Waals surface area contributed by atoms with E-state index in [1.165, 1.54) is 0 Å². The summed E-state index contributed by atoms with van der Waals surface area (Å²) in [6.45, 7) is 4.90. The number of hydrogen-bond donors (Lipinski definition) is 0. The minimum Gasteiger partial charge on any atom is -0.466 e. The minimum atomic E-state index is -0.170. The first kappa shape index (κ1) is 22.2. The van der Waals surface area contributed by atoms with Crippen LogP contribution in [0.5, 0.6) is 5.75 Å². The average Bonchev–Trinajstić information content (AvgIpc) is 2.61. The summed E-state index contributed by atoms with van der Waals surface area (Å²) in [6.07, 6.45) is 9.00. The topological polar surface area (TPSA) is 52.6 Å². The number of unbranched alkanes of at least 4 members (excludes halogenated alkanes) is 5. The Bertz CT molecular complexity index is 496. The van der Waals surface area contributed by atoms with E-state index in [0.29, 0.717) is 31.1 Å². The summed E-state index contributed by atoms with van der Waals surface area (Å²) >= 11 is 0. The second-order valence-corrected chi connectivity index (χ2v) is 7.16. The van der Waals surface area contributed by atoms with Gasteiger partial charge in [0.05, 0.1) is 6.61 Å². The van der Waals surface area contributed by atoms with Crippen molar-refractivity contribution in [2.45, 2.75) is 78.1 Å². The maximum Gasteiger partial charge on any atom is 0.311 e. The van der Waals surface area contributed by atoms with E-state index in [0.717, 1.165) is 51.4 Å². The first-order valence-electron chi connectivity index (χ1n) is 9.99. The first-order chi connectivity index (χ1) is 12.6. The fourth-order valence-corrected chi connectivity index (χ4v) is 2.67. The lowest BCUT2D eigenvalue weighted by atomic mass is 10.1. The first-order valence-corrected chi connectivity index (χ1v) is 9.99. The molecule has 0 N–H and O–H groups in total. The maximum atomic E-state index is 11.7. The Morgan fingerprint density at radius 2 is 1.38 bits per heavy atom. The van der Waals surface area contributed by atoms with Crippen molar-refractivity contribution in [3.63, 3.8) is 0 Å². The van der Waals surface area contributed by atoms with E-state index >= 15 is 0 Å². The van der Waals surface area contributed by atoms with Crippen molar-refractivity contribution in [2.24, 2.45) is 5.92 Å². The lowest BCUT2D eigenvalue weighted by Crippen LogP contribution is -2.07. The van der Waals surface area contributed by atoms with Gasteiger partial charge >= 0.3 is 11.9 Å². The van der Waals surface area contributed by atoms with Gasteiger partial charge in [-0.2, -0.15) is 0 Å². The molecule has 0 amide bonds. The number of carbonyl (C=O) groups is 2. The summed E-state index contributed by atoms with van der Waals surface area (Å²) in [4.78, 5) is 23.3. The van der Waals surface area contributed by atoms with Gasteiger partial charge in [-0.05, 0) is 43.7 Å². The molecule has 1 aromatic rings. The highest BCUT2D eigenvalue weighted by Gasteiger charge is 2.05. The molecule has 0 aliphatic carbocycles. The summed E-state index contributed by atoms with van der Waals surface area (Å²) in [5, 5.41) is 0. The molecule has 0 radical (unpaired) electrons. The molecule has 0 fully saturated rings. The fourth-order valence-electron chi connectivity index (χ4n) is 2.67. The highest BCUT2D eigenvalue weighted by atomic mass is 16.5. The van der Waals surface area contributed by atoms with Crippen molar-refractivity contribution in [3.05, 3.63) is 30.3 Å². The standard InChI is InChI=1S/C22H34O4/c1-19(2)13-12-18-25-21(23)16-10-5-3-4-6-11-17-22(24)26-20-14-8-7-9-15-20/h7-9,14-15,19H,3-6,10-13,16-18H2,1-2H3. The molecule has 0 bridgehead atoms. The van der Waals surface area contributed by atoms with Crippen LogP contribution in [0.25, 0.3) is 0 Å². The molecule has 0 unspecified atom stereocenters. The number of hydrogen-bond acceptors (Lipinski definition) is 4. The molecule has 1 rings (SSSR count). The molecule has 0 aliphatic heterocycles. The van der Waals surface area contributed by atoms with Gasteiger partial charge in [0.1, 0.15) is 5.75 Å². The fraction of sp³-hybridized carbons (Fsp3) is 0.636. The van der Waals surface area contributed by atoms with Crippen LogP contribution in [0, 0.1) is 5.92 Å². The quantitative estimate of drug-likeness (QED) is 0.242. The van der Waals surface area contributed by atoms with Gasteiger partial charge in [0, 0.05) is 12.8 Å². The van der Waals surface area contributed by atoms with E-state index < -0.39 is 0 Å². The summed E-state index contributed by atoms with van der Waals surface area (Å²) in [6, 6.07) is 9.17. The Labute approximate surface area is 158 Å². The normalized spacial score (nSPS) is 10.7. The number of esters is 2. The molecule has 146 valence electrons. The van der Waals surface area contributed by atoms with Crippen LogP contribution in [0.15, 0.2) is 30.3 Å². The average molecular weight is 363 g/mol. The van der Waals surface area contributed by atoms with Crippen molar-refractivity contribution in [1.29, 1.82) is 0 Å². The minimum absolute atomic E-state index is 0.0718. The number of para-hydroxylation sites is 1. The predicted molar refractivity (Wildman–Crippen MR) is 104 cm³/mol. The van der Waals surface area contributed by atoms with Crippen LogP contribution in [0.2, 0.25) is 0 Å². The van der Waals surface area contributed by atoms with Gasteiger partial charge in [-0.15, -0.1) is 0 Å². The van der Waals surface area contributed by atoms with Crippen molar-refractivity contribution in [2.75, 3.05) is 6.61 Å². The van der Waals surface area contributed by atoms with Crippen LogP contribution in [-0.2, 0) is 14.3 Å². The zero-order valence-electron chi connectivity index (χ0n) is 16.4. The molecule has 26 heavy (non-hydrogen) atoms. The summed E-state index contributed by atoms with van der Waals surface area (Å²) in [5.74, 6) is 1.02. The van der Waals surface area contributed by atoms with E-state index in [9.17, 15) is 9.59 Å². The van der Waals surface area contributed by atoms with Gasteiger partial charge in [0.2, 0.25) is 0 Å². The van der Waals surface area contributed by atoms with Crippen molar-refractivity contribution >= 4 is 11.9 Å². The van der Waals surface area contributed by atoms with E-state index in [1.54, 1.807) is 12.1 Å². The van der Waals surface area contributed by atoms with Crippen molar-refractivity contribution in [1.82, 2.24) is 0 Å². The summed E-state index contributed by atoms with van der Waals surface area (Å²) in [5.41, 5.74) is 0. The molecular weight excluding hydrogens is 328 g/mol. The molecular formula is C22H34O4. The van der Waals surface area contributed by atoms with Gasteiger partial charge in [-0.1, -0.05) is 57.7 Å². The van der Waals surface area contributed by atoms with E-state index in [2.05, 4.69) is 13.8 Å². The second kappa shape index (κ2) is 14.3. The highest BCUT2D eigenvalue weighted by Crippen LogP contribution is 2.12. The molecule has 0 atom stereocenters. The third-order valence-corrected chi connectivity index (χ3v) is 4.18. The Balaban J connectivity index is 1.88. The van der Waals surface area contributed by atoms with Crippen LogP contribution in [0.1, 0.15) is 78.1 Å². The van der Waals surface area contributed by atoms with Gasteiger partial charge in [0.15, 0.2) is 0 Å². The van der Waals surface area contributed by atoms with Crippen LogP contribution in [0.3, 0.4) is 0 Å². The Morgan fingerprint density at radius 3 is 2.00 bits per heavy atom.